The lowest BCUT2D eigenvalue weighted by Gasteiger charge is -2.27. The van der Waals surface area contributed by atoms with Gasteiger partial charge in [0.05, 0.1) is 24.1 Å². The lowest BCUT2D eigenvalue weighted by atomic mass is 10.3. The number of halogens is 1. The molecule has 0 bridgehead atoms. The molecule has 0 spiro atoms. The van der Waals surface area contributed by atoms with E-state index in [1.165, 1.54) is 24.3 Å². The predicted octanol–water partition coefficient (Wildman–Crippen LogP) is -1.60. The van der Waals surface area contributed by atoms with Crippen LogP contribution >= 0.6 is 0 Å². The molecule has 0 N–H and O–H groups in total. The summed E-state index contributed by atoms with van der Waals surface area (Å²) >= 11 is 0. The van der Waals surface area contributed by atoms with Crippen molar-refractivity contribution < 1.29 is 21.7 Å². The van der Waals surface area contributed by atoms with Gasteiger partial charge in [0.2, 0.25) is 0 Å². The maximum Gasteiger partial charge on any atom is 0.347 e. The molecular formula is C13H20BrN3OS. The van der Waals surface area contributed by atoms with Crippen LogP contribution in [0, 0.1) is 6.92 Å². The smallest absolute Gasteiger partial charge is 0.347 e. The van der Waals surface area contributed by atoms with Gasteiger partial charge in [-0.25, -0.2) is 0 Å². The Kier molecular flexibility index (Phi) is 5.47. The molecule has 2 saturated heterocycles. The number of aryl methyl sites for hydroxylation is 1. The average Bonchev–Trinajstić information content (AvgIpc) is 2.93. The molecule has 0 aromatic carbocycles. The quantitative estimate of drug-likeness (QED) is 0.478. The summed E-state index contributed by atoms with van der Waals surface area (Å²) in [6, 6.07) is 2.11. The van der Waals surface area contributed by atoms with Gasteiger partial charge >= 0.3 is 5.16 Å². The van der Waals surface area contributed by atoms with Crippen molar-refractivity contribution in [2.45, 2.75) is 24.9 Å². The predicted molar refractivity (Wildman–Crippen MR) is 74.4 cm³/mol. The van der Waals surface area contributed by atoms with E-state index in [1.807, 2.05) is 0 Å². The van der Waals surface area contributed by atoms with Gasteiger partial charge in [-0.1, -0.05) is 0 Å². The minimum atomic E-state index is 0. The highest BCUT2D eigenvalue weighted by atomic mass is 79.9. The molecule has 0 aliphatic carbocycles. The summed E-state index contributed by atoms with van der Waals surface area (Å²) in [6.45, 7) is 5.59. The first kappa shape index (κ1) is 15.1. The lowest BCUT2D eigenvalue weighted by molar-refractivity contribution is -0.00000466. The molecular weight excluding hydrogens is 326 g/mol. The van der Waals surface area contributed by atoms with Crippen LogP contribution in [0.4, 0.5) is 5.82 Å². The van der Waals surface area contributed by atoms with E-state index in [1.54, 1.807) is 0 Å². The van der Waals surface area contributed by atoms with E-state index in [-0.39, 0.29) is 17.0 Å². The first-order valence-electron chi connectivity index (χ1n) is 6.69. The molecule has 2 aliphatic heterocycles. The van der Waals surface area contributed by atoms with Gasteiger partial charge in [0.25, 0.3) is 0 Å². The van der Waals surface area contributed by atoms with E-state index in [9.17, 15) is 0 Å². The SMILES string of the molecule is Cc1cc(N2CCOCC2)nc([S+]2CCCC2)n1.[Br-]. The molecule has 1 aromatic heterocycles. The van der Waals surface area contributed by atoms with Gasteiger partial charge in [0.15, 0.2) is 0 Å². The van der Waals surface area contributed by atoms with Gasteiger partial charge in [0, 0.05) is 24.8 Å². The highest BCUT2D eigenvalue weighted by molar-refractivity contribution is 7.96. The molecule has 0 atom stereocenters. The van der Waals surface area contributed by atoms with E-state index in [0.717, 1.165) is 43.0 Å². The van der Waals surface area contributed by atoms with Crippen molar-refractivity contribution in [1.29, 1.82) is 0 Å². The standard InChI is InChI=1S/C13H20N3OS.BrH/c1-11-10-12(16-4-6-17-7-5-16)15-13(14-11)18-8-2-3-9-18;/h10H,2-9H2,1H3;1H/q+1;/p-1. The fourth-order valence-corrected chi connectivity index (χ4v) is 4.62. The molecule has 0 unspecified atom stereocenters. The third-order valence-electron chi connectivity index (χ3n) is 3.44. The molecule has 1 aromatic rings. The molecule has 3 heterocycles. The van der Waals surface area contributed by atoms with Crippen molar-refractivity contribution in [3.63, 3.8) is 0 Å². The molecule has 0 amide bonds. The van der Waals surface area contributed by atoms with Crippen LogP contribution in [0.15, 0.2) is 11.2 Å². The molecule has 106 valence electrons. The van der Waals surface area contributed by atoms with Crippen LogP contribution < -0.4 is 21.9 Å². The van der Waals surface area contributed by atoms with E-state index in [0.29, 0.717) is 10.9 Å². The van der Waals surface area contributed by atoms with Crippen molar-refractivity contribution in [2.24, 2.45) is 0 Å². The summed E-state index contributed by atoms with van der Waals surface area (Å²) in [4.78, 5) is 11.8. The van der Waals surface area contributed by atoms with Gasteiger partial charge in [-0.2, -0.15) is 9.97 Å². The van der Waals surface area contributed by atoms with Crippen molar-refractivity contribution in [3.05, 3.63) is 11.8 Å². The molecule has 19 heavy (non-hydrogen) atoms. The maximum absolute atomic E-state index is 5.40. The minimum absolute atomic E-state index is 0. The zero-order valence-corrected chi connectivity index (χ0v) is 13.7. The molecule has 2 aliphatic rings. The number of ether oxygens (including phenoxy) is 1. The number of hydrogen-bond acceptors (Lipinski definition) is 4. The van der Waals surface area contributed by atoms with E-state index in [4.69, 9.17) is 9.72 Å². The van der Waals surface area contributed by atoms with Crippen molar-refractivity contribution in [1.82, 2.24) is 9.97 Å². The largest absolute Gasteiger partial charge is 1.00 e. The highest BCUT2D eigenvalue weighted by Crippen LogP contribution is 2.23. The van der Waals surface area contributed by atoms with Crippen molar-refractivity contribution in [2.75, 3.05) is 42.7 Å². The van der Waals surface area contributed by atoms with Gasteiger partial charge in [-0.15, -0.1) is 0 Å². The summed E-state index contributed by atoms with van der Waals surface area (Å²) in [5.74, 6) is 3.66. The van der Waals surface area contributed by atoms with Gasteiger partial charge in [-0.05, 0) is 19.8 Å². The molecule has 4 nitrogen and oxygen atoms in total. The summed E-state index contributed by atoms with van der Waals surface area (Å²) in [6.07, 6.45) is 2.68. The number of hydrogen-bond donors (Lipinski definition) is 0. The second-order valence-corrected chi connectivity index (χ2v) is 7.02. The second-order valence-electron chi connectivity index (χ2n) is 4.86. The highest BCUT2D eigenvalue weighted by Gasteiger charge is 2.31. The number of morpholine rings is 1. The van der Waals surface area contributed by atoms with Crippen LogP contribution in [0.2, 0.25) is 0 Å². The average molecular weight is 346 g/mol. The Morgan fingerprint density at radius 3 is 2.53 bits per heavy atom. The molecule has 2 fully saturated rings. The fraction of sp³-hybridized carbons (Fsp3) is 0.692. The normalized spacial score (nSPS) is 20.4. The number of anilines is 1. The number of nitrogens with zero attached hydrogens (tertiary/aromatic N) is 3. The first-order chi connectivity index (χ1) is 8.83. The van der Waals surface area contributed by atoms with Crippen LogP contribution in [0.1, 0.15) is 18.5 Å². The topological polar surface area (TPSA) is 38.2 Å². The Morgan fingerprint density at radius 1 is 1.16 bits per heavy atom. The summed E-state index contributed by atoms with van der Waals surface area (Å²) < 4.78 is 5.40. The van der Waals surface area contributed by atoms with Crippen LogP contribution in [0.25, 0.3) is 0 Å². The Morgan fingerprint density at radius 2 is 1.84 bits per heavy atom. The number of aromatic nitrogens is 2. The van der Waals surface area contributed by atoms with E-state index in [2.05, 4.69) is 22.9 Å². The molecule has 3 rings (SSSR count). The van der Waals surface area contributed by atoms with Crippen LogP contribution in [0.3, 0.4) is 0 Å². The van der Waals surface area contributed by atoms with Crippen molar-refractivity contribution in [3.8, 4) is 0 Å². The Bertz CT molecular complexity index is 420. The van der Waals surface area contributed by atoms with Gasteiger partial charge in [0.1, 0.15) is 17.3 Å². The molecule has 6 heteroatoms. The number of rotatable bonds is 2. The molecule has 0 radical (unpaired) electrons. The first-order valence-corrected chi connectivity index (χ1v) is 8.25. The second kappa shape index (κ2) is 6.90. The van der Waals surface area contributed by atoms with Gasteiger partial charge < -0.3 is 26.6 Å². The van der Waals surface area contributed by atoms with Crippen LogP contribution in [-0.2, 0) is 15.6 Å². The summed E-state index contributed by atoms with van der Waals surface area (Å²) in [5.41, 5.74) is 1.10. The van der Waals surface area contributed by atoms with Crippen LogP contribution in [-0.4, -0.2) is 47.8 Å². The van der Waals surface area contributed by atoms with Crippen LogP contribution in [0.5, 0.6) is 0 Å². The minimum Gasteiger partial charge on any atom is -1.00 e. The Labute approximate surface area is 128 Å². The third-order valence-corrected chi connectivity index (χ3v) is 5.71. The van der Waals surface area contributed by atoms with Gasteiger partial charge in [-0.3, -0.25) is 0 Å². The maximum atomic E-state index is 5.40. The fourth-order valence-electron chi connectivity index (χ4n) is 2.45. The zero-order valence-electron chi connectivity index (χ0n) is 11.3. The Hall–Kier alpha value is -0.330. The Balaban J connectivity index is 0.00000133. The summed E-state index contributed by atoms with van der Waals surface area (Å²) in [7, 11) is 0.304. The lowest BCUT2D eigenvalue weighted by Crippen LogP contribution is -3.00. The zero-order chi connectivity index (χ0) is 12.4. The third kappa shape index (κ3) is 3.61. The molecule has 0 saturated carbocycles. The van der Waals surface area contributed by atoms with Crippen molar-refractivity contribution >= 4 is 16.7 Å². The van der Waals surface area contributed by atoms with E-state index >= 15 is 0 Å². The summed E-state index contributed by atoms with van der Waals surface area (Å²) in [5, 5.41) is 1.09. The monoisotopic (exact) mass is 345 g/mol. The van der Waals surface area contributed by atoms with E-state index < -0.39 is 0 Å².